The molecule has 0 saturated heterocycles. The Kier molecular flexibility index (Phi) is 4.98. The first-order valence-electron chi connectivity index (χ1n) is 9.06. The number of amides is 1. The molecule has 3 aromatic rings. The summed E-state index contributed by atoms with van der Waals surface area (Å²) in [5.41, 5.74) is 1.43. The average molecular weight is 412 g/mol. The molecule has 0 aliphatic carbocycles. The molecule has 4 rings (SSSR count). The Morgan fingerprint density at radius 3 is 2.90 bits per heavy atom. The summed E-state index contributed by atoms with van der Waals surface area (Å²) >= 11 is 6.08. The Bertz CT molecular complexity index is 1160. The minimum atomic E-state index is -0.596. The summed E-state index contributed by atoms with van der Waals surface area (Å²) in [4.78, 5) is 25.2. The number of rotatable bonds is 3. The van der Waals surface area contributed by atoms with Gasteiger partial charge in [-0.15, -0.1) is 0 Å². The zero-order valence-electron chi connectivity index (χ0n) is 15.6. The fourth-order valence-corrected chi connectivity index (χ4v) is 3.48. The van der Waals surface area contributed by atoms with Gasteiger partial charge < -0.3 is 15.2 Å². The second-order valence-electron chi connectivity index (χ2n) is 6.81. The maximum absolute atomic E-state index is 12.9. The van der Waals surface area contributed by atoms with Gasteiger partial charge in [-0.1, -0.05) is 23.7 Å². The van der Waals surface area contributed by atoms with Crippen LogP contribution in [-0.2, 0) is 0 Å². The number of nitrogens with one attached hydrogen (secondary N) is 1. The Morgan fingerprint density at radius 2 is 2.10 bits per heavy atom. The smallest absolute Gasteiger partial charge is 0.276 e. The summed E-state index contributed by atoms with van der Waals surface area (Å²) < 4.78 is 6.70. The lowest BCUT2D eigenvalue weighted by Gasteiger charge is -2.26. The fourth-order valence-electron chi connectivity index (χ4n) is 3.30. The molecule has 1 aliphatic heterocycles. The molecule has 0 bridgehead atoms. The highest BCUT2D eigenvalue weighted by Gasteiger charge is 2.26. The van der Waals surface area contributed by atoms with Gasteiger partial charge in [-0.05, 0) is 42.8 Å². The number of carbonyl (C=O) groups excluding carboxylic acids is 1. The van der Waals surface area contributed by atoms with Crippen molar-refractivity contribution in [1.82, 2.24) is 15.1 Å². The fraction of sp³-hybridized carbons (Fsp3) is 0.190. The summed E-state index contributed by atoms with van der Waals surface area (Å²) in [6.45, 7) is 2.32. The van der Waals surface area contributed by atoms with Crippen LogP contribution in [0.4, 0.5) is 0 Å². The largest absolute Gasteiger partial charge is 0.505 e. The lowest BCUT2D eigenvalue weighted by atomic mass is 10.0. The molecule has 7 nitrogen and oxygen atoms in total. The van der Waals surface area contributed by atoms with E-state index in [-0.39, 0.29) is 11.7 Å². The van der Waals surface area contributed by atoms with Crippen molar-refractivity contribution in [2.75, 3.05) is 6.61 Å². The van der Waals surface area contributed by atoms with Crippen molar-refractivity contribution in [3.63, 3.8) is 0 Å². The number of benzene rings is 2. The van der Waals surface area contributed by atoms with Crippen molar-refractivity contribution in [1.29, 1.82) is 0 Å². The number of hydrogen-bond donors (Lipinski definition) is 2. The molecule has 1 aromatic heterocycles. The molecule has 0 saturated carbocycles. The van der Waals surface area contributed by atoms with Gasteiger partial charge in [0.15, 0.2) is 11.4 Å². The highest BCUT2D eigenvalue weighted by molar-refractivity contribution is 6.30. The van der Waals surface area contributed by atoms with E-state index in [1.807, 2.05) is 13.0 Å². The lowest BCUT2D eigenvalue weighted by molar-refractivity contribution is 0.0914. The van der Waals surface area contributed by atoms with Gasteiger partial charge in [-0.25, -0.2) is 0 Å². The van der Waals surface area contributed by atoms with Crippen LogP contribution >= 0.6 is 11.6 Å². The molecule has 0 fully saturated rings. The highest BCUT2D eigenvalue weighted by Crippen LogP contribution is 2.34. The third-order valence-corrected chi connectivity index (χ3v) is 4.92. The van der Waals surface area contributed by atoms with Crippen LogP contribution in [0.15, 0.2) is 53.3 Å². The van der Waals surface area contributed by atoms with Gasteiger partial charge in [0.1, 0.15) is 5.75 Å². The SMILES string of the molecule is Cc1cccc(-n2nc(C(=O)NC3CCOc4ccc(Cl)cc43)c(O)cc2=O)c1. The van der Waals surface area contributed by atoms with Crippen molar-refractivity contribution in [2.24, 2.45) is 0 Å². The zero-order chi connectivity index (χ0) is 20.5. The van der Waals surface area contributed by atoms with Gasteiger partial charge >= 0.3 is 0 Å². The molecular formula is C21H18ClN3O4. The van der Waals surface area contributed by atoms with E-state index in [1.54, 1.807) is 36.4 Å². The van der Waals surface area contributed by atoms with E-state index < -0.39 is 17.2 Å². The van der Waals surface area contributed by atoms with Gasteiger partial charge in [0, 0.05) is 23.1 Å². The van der Waals surface area contributed by atoms with Crippen molar-refractivity contribution >= 4 is 17.5 Å². The number of aryl methyl sites for hydroxylation is 1. The number of halogens is 1. The van der Waals surface area contributed by atoms with Crippen LogP contribution in [0.3, 0.4) is 0 Å². The molecule has 0 spiro atoms. The summed E-state index contributed by atoms with van der Waals surface area (Å²) in [7, 11) is 0. The molecule has 148 valence electrons. The zero-order valence-corrected chi connectivity index (χ0v) is 16.3. The monoisotopic (exact) mass is 411 g/mol. The third kappa shape index (κ3) is 3.82. The van der Waals surface area contributed by atoms with E-state index in [0.717, 1.165) is 21.9 Å². The van der Waals surface area contributed by atoms with Crippen molar-refractivity contribution in [2.45, 2.75) is 19.4 Å². The number of fused-ring (bicyclic) bond motifs is 1. The predicted octanol–water partition coefficient (Wildman–Crippen LogP) is 3.15. The number of ether oxygens (including phenoxy) is 1. The summed E-state index contributed by atoms with van der Waals surface area (Å²) in [6, 6.07) is 13.0. The van der Waals surface area contributed by atoms with E-state index in [4.69, 9.17) is 16.3 Å². The summed E-state index contributed by atoms with van der Waals surface area (Å²) in [6.07, 6.45) is 0.539. The molecule has 8 heteroatoms. The van der Waals surface area contributed by atoms with Crippen LogP contribution in [0, 0.1) is 6.92 Å². The number of nitrogens with zero attached hydrogens (tertiary/aromatic N) is 2. The van der Waals surface area contributed by atoms with Crippen LogP contribution in [0.2, 0.25) is 5.02 Å². The van der Waals surface area contributed by atoms with Gasteiger partial charge in [-0.2, -0.15) is 9.78 Å². The minimum absolute atomic E-state index is 0.235. The number of aromatic hydroxyl groups is 1. The average Bonchev–Trinajstić information content (AvgIpc) is 2.68. The quantitative estimate of drug-likeness (QED) is 0.690. The predicted molar refractivity (Wildman–Crippen MR) is 108 cm³/mol. The number of hydrogen-bond acceptors (Lipinski definition) is 5. The van der Waals surface area contributed by atoms with Crippen molar-refractivity contribution in [3.05, 3.63) is 80.7 Å². The molecule has 1 aliphatic rings. The van der Waals surface area contributed by atoms with Crippen LogP contribution < -0.4 is 15.6 Å². The molecule has 1 unspecified atom stereocenters. The van der Waals surface area contributed by atoms with Crippen LogP contribution in [0.1, 0.15) is 34.1 Å². The Morgan fingerprint density at radius 1 is 1.28 bits per heavy atom. The van der Waals surface area contributed by atoms with Crippen molar-refractivity contribution < 1.29 is 14.6 Å². The van der Waals surface area contributed by atoms with E-state index in [9.17, 15) is 14.7 Å². The van der Waals surface area contributed by atoms with Gasteiger partial charge in [0.05, 0.1) is 18.3 Å². The van der Waals surface area contributed by atoms with Gasteiger partial charge in [0.2, 0.25) is 0 Å². The molecule has 1 atom stereocenters. The molecule has 2 heterocycles. The second-order valence-corrected chi connectivity index (χ2v) is 7.25. The summed E-state index contributed by atoms with van der Waals surface area (Å²) in [5, 5.41) is 17.7. The molecule has 2 N–H and O–H groups in total. The Hall–Kier alpha value is -3.32. The first kappa shape index (κ1) is 19.0. The van der Waals surface area contributed by atoms with E-state index in [1.165, 1.54) is 0 Å². The molecular weight excluding hydrogens is 394 g/mol. The second kappa shape index (κ2) is 7.60. The third-order valence-electron chi connectivity index (χ3n) is 4.69. The van der Waals surface area contributed by atoms with Crippen LogP contribution in [0.25, 0.3) is 5.69 Å². The van der Waals surface area contributed by atoms with E-state index >= 15 is 0 Å². The van der Waals surface area contributed by atoms with E-state index in [2.05, 4.69) is 10.4 Å². The number of carbonyl (C=O) groups is 1. The van der Waals surface area contributed by atoms with E-state index in [0.29, 0.717) is 29.5 Å². The molecule has 1 amide bonds. The molecule has 0 radical (unpaired) electrons. The molecule has 29 heavy (non-hydrogen) atoms. The topological polar surface area (TPSA) is 93.5 Å². The number of aromatic nitrogens is 2. The first-order valence-corrected chi connectivity index (χ1v) is 9.43. The molecule has 2 aromatic carbocycles. The normalized spacial score (nSPS) is 15.3. The minimum Gasteiger partial charge on any atom is -0.505 e. The lowest BCUT2D eigenvalue weighted by Crippen LogP contribution is -2.34. The van der Waals surface area contributed by atoms with Crippen LogP contribution in [0.5, 0.6) is 11.5 Å². The standard InChI is InChI=1S/C21H18ClN3O4/c1-12-3-2-4-14(9-12)25-19(27)11-17(26)20(24-25)21(28)23-16-7-8-29-18-6-5-13(22)10-15(16)18/h2-6,9-11,16,26H,7-8H2,1H3,(H,23,28). The van der Waals surface area contributed by atoms with Crippen molar-refractivity contribution in [3.8, 4) is 17.2 Å². The van der Waals surface area contributed by atoms with Crippen LogP contribution in [-0.4, -0.2) is 27.4 Å². The van der Waals surface area contributed by atoms with Gasteiger partial charge in [-0.3, -0.25) is 9.59 Å². The highest BCUT2D eigenvalue weighted by atomic mass is 35.5. The summed E-state index contributed by atoms with van der Waals surface area (Å²) in [5.74, 6) is -0.427. The van der Waals surface area contributed by atoms with Gasteiger partial charge in [0.25, 0.3) is 11.5 Å². The Balaban J connectivity index is 1.67. The first-order chi connectivity index (χ1) is 13.9. The maximum Gasteiger partial charge on any atom is 0.276 e. The Labute approximate surface area is 171 Å². The maximum atomic E-state index is 12.9.